The van der Waals surface area contributed by atoms with Crippen molar-refractivity contribution in [3.8, 4) is 0 Å². The molecule has 0 radical (unpaired) electrons. The van der Waals surface area contributed by atoms with E-state index >= 15 is 0 Å². The molecule has 7 atom stereocenters. The Balaban J connectivity index is 1.60. The molecule has 3 nitrogen and oxygen atoms in total. The summed E-state index contributed by atoms with van der Waals surface area (Å²) in [6.45, 7) is 0. The third-order valence-corrected chi connectivity index (χ3v) is 6.81. The predicted octanol–water partition coefficient (Wildman–Crippen LogP) is 2.36. The number of fused-ring (bicyclic) bond motifs is 5. The highest BCUT2D eigenvalue weighted by atomic mass is 16.3. The number of ketones is 2. The normalized spacial score (nSPS) is 51.4. The molecule has 3 unspecified atom stereocenters. The summed E-state index contributed by atoms with van der Waals surface area (Å²) in [5.41, 5.74) is 0. The van der Waals surface area contributed by atoms with Crippen molar-refractivity contribution in [1.29, 1.82) is 0 Å². The van der Waals surface area contributed by atoms with Crippen LogP contribution in [0.15, 0.2) is 0 Å². The summed E-state index contributed by atoms with van der Waals surface area (Å²) in [6, 6.07) is 0. The Morgan fingerprint density at radius 3 is 2.45 bits per heavy atom. The zero-order chi connectivity index (χ0) is 13.9. The van der Waals surface area contributed by atoms with Crippen LogP contribution in [-0.4, -0.2) is 22.8 Å². The van der Waals surface area contributed by atoms with Gasteiger partial charge in [0.15, 0.2) is 0 Å². The second-order valence-corrected chi connectivity index (χ2v) is 7.68. The topological polar surface area (TPSA) is 54.4 Å². The number of hydrogen-bond donors (Lipinski definition) is 1. The zero-order valence-corrected chi connectivity index (χ0v) is 12.0. The van der Waals surface area contributed by atoms with E-state index in [0.29, 0.717) is 54.0 Å². The third-order valence-electron chi connectivity index (χ3n) is 6.81. The summed E-state index contributed by atoms with van der Waals surface area (Å²) >= 11 is 0. The lowest BCUT2D eigenvalue weighted by atomic mass is 9.53. The van der Waals surface area contributed by atoms with Crippen molar-refractivity contribution in [3.63, 3.8) is 0 Å². The summed E-state index contributed by atoms with van der Waals surface area (Å²) in [6.07, 6.45) is 6.91. The van der Waals surface area contributed by atoms with Crippen LogP contribution < -0.4 is 0 Å². The lowest BCUT2D eigenvalue weighted by Gasteiger charge is -2.51. The molecule has 0 aromatic rings. The van der Waals surface area contributed by atoms with Crippen molar-refractivity contribution >= 4 is 11.6 Å². The molecule has 0 heterocycles. The molecule has 110 valence electrons. The highest BCUT2D eigenvalue weighted by Crippen LogP contribution is 2.56. The van der Waals surface area contributed by atoms with E-state index in [1.54, 1.807) is 0 Å². The Labute approximate surface area is 120 Å². The first-order chi connectivity index (χ1) is 9.63. The highest BCUT2D eigenvalue weighted by Gasteiger charge is 2.53. The highest BCUT2D eigenvalue weighted by molar-refractivity contribution is 5.84. The second-order valence-electron chi connectivity index (χ2n) is 7.68. The fourth-order valence-corrected chi connectivity index (χ4v) is 5.98. The minimum Gasteiger partial charge on any atom is -0.393 e. The van der Waals surface area contributed by atoms with Gasteiger partial charge < -0.3 is 5.11 Å². The molecule has 4 aliphatic carbocycles. The minimum atomic E-state index is -0.263. The number of aliphatic hydroxyl groups excluding tert-OH is 1. The van der Waals surface area contributed by atoms with Crippen LogP contribution >= 0.6 is 0 Å². The average molecular weight is 276 g/mol. The lowest BCUT2D eigenvalue weighted by molar-refractivity contribution is -0.140. The van der Waals surface area contributed by atoms with Crippen LogP contribution in [0.25, 0.3) is 0 Å². The fraction of sp³-hybridized carbons (Fsp3) is 0.882. The average Bonchev–Trinajstić information content (AvgIpc) is 2.80. The Morgan fingerprint density at radius 1 is 0.800 bits per heavy atom. The summed E-state index contributed by atoms with van der Waals surface area (Å²) in [4.78, 5) is 24.3. The smallest absolute Gasteiger partial charge is 0.136 e. The molecule has 1 N–H and O–H groups in total. The zero-order valence-electron chi connectivity index (χ0n) is 12.0. The van der Waals surface area contributed by atoms with Gasteiger partial charge in [0.2, 0.25) is 0 Å². The molecule has 4 rings (SSSR count). The van der Waals surface area contributed by atoms with Gasteiger partial charge in [-0.2, -0.15) is 0 Å². The molecule has 3 heteroatoms. The molecule has 0 spiro atoms. The van der Waals surface area contributed by atoms with Gasteiger partial charge >= 0.3 is 0 Å². The van der Waals surface area contributed by atoms with E-state index in [0.717, 1.165) is 25.7 Å². The summed E-state index contributed by atoms with van der Waals surface area (Å²) in [5.74, 6) is 3.63. The number of rotatable bonds is 0. The third kappa shape index (κ3) is 1.89. The van der Waals surface area contributed by atoms with Crippen molar-refractivity contribution in [2.75, 3.05) is 0 Å². The van der Waals surface area contributed by atoms with E-state index in [9.17, 15) is 14.7 Å². The molecule has 4 fully saturated rings. The number of aliphatic hydroxyl groups is 1. The van der Waals surface area contributed by atoms with E-state index in [2.05, 4.69) is 0 Å². The molecule has 0 amide bonds. The van der Waals surface area contributed by atoms with Gasteiger partial charge in [-0.05, 0) is 61.7 Å². The Morgan fingerprint density at radius 2 is 1.60 bits per heavy atom. The number of carbonyl (C=O) groups excluding carboxylic acids is 2. The predicted molar refractivity (Wildman–Crippen MR) is 73.9 cm³/mol. The van der Waals surface area contributed by atoms with Crippen LogP contribution in [0.2, 0.25) is 0 Å². The molecule has 4 aliphatic rings. The number of hydrogen-bond acceptors (Lipinski definition) is 3. The van der Waals surface area contributed by atoms with Gasteiger partial charge in [0.05, 0.1) is 6.10 Å². The van der Waals surface area contributed by atoms with Crippen LogP contribution in [-0.2, 0) is 9.59 Å². The van der Waals surface area contributed by atoms with E-state index in [4.69, 9.17) is 0 Å². The maximum absolute atomic E-state index is 12.5. The standard InChI is InChI=1S/C17H24O3/c18-10-2-4-13-12-3-1-9-5-11(19)7-14(9)15(12)8-17(20)16(13)6-10/h9-10,12-16,18H,1-8H2/t9?,10-,12-,13?,14-,15?,16+/m0/s1. The monoisotopic (exact) mass is 276 g/mol. The minimum absolute atomic E-state index is 0.119. The van der Waals surface area contributed by atoms with Crippen molar-refractivity contribution in [1.82, 2.24) is 0 Å². The second kappa shape index (κ2) is 4.66. The summed E-state index contributed by atoms with van der Waals surface area (Å²) < 4.78 is 0. The van der Waals surface area contributed by atoms with Gasteiger partial charge in [0, 0.05) is 25.2 Å². The lowest BCUT2D eigenvalue weighted by Crippen LogP contribution is -2.49. The van der Waals surface area contributed by atoms with E-state index in [-0.39, 0.29) is 12.0 Å². The fourth-order valence-electron chi connectivity index (χ4n) is 5.98. The molecule has 4 saturated carbocycles. The maximum atomic E-state index is 12.5. The van der Waals surface area contributed by atoms with Gasteiger partial charge in [-0.15, -0.1) is 0 Å². The quantitative estimate of drug-likeness (QED) is 0.739. The largest absolute Gasteiger partial charge is 0.393 e. The molecule has 0 saturated heterocycles. The maximum Gasteiger partial charge on any atom is 0.136 e. The SMILES string of the molecule is O=C1CC2CC[C@@H]3C(CC(=O)[C@@H]4C[C@@H](O)CCC34)[C@H]2C1. The number of Topliss-reactive ketones (excluding diaryl/α,β-unsaturated/α-hetero) is 2. The molecule has 0 aliphatic heterocycles. The van der Waals surface area contributed by atoms with Gasteiger partial charge in [-0.1, -0.05) is 0 Å². The Hall–Kier alpha value is -0.700. The van der Waals surface area contributed by atoms with Crippen molar-refractivity contribution in [2.24, 2.45) is 35.5 Å². The van der Waals surface area contributed by atoms with Crippen LogP contribution in [0, 0.1) is 35.5 Å². The summed E-state index contributed by atoms with van der Waals surface area (Å²) in [7, 11) is 0. The van der Waals surface area contributed by atoms with Gasteiger partial charge in [-0.25, -0.2) is 0 Å². The van der Waals surface area contributed by atoms with Crippen molar-refractivity contribution in [2.45, 2.75) is 57.5 Å². The summed E-state index contributed by atoms with van der Waals surface area (Å²) in [5, 5.41) is 9.85. The first kappa shape index (κ1) is 13.0. The molecule has 0 bridgehead atoms. The molecule has 20 heavy (non-hydrogen) atoms. The van der Waals surface area contributed by atoms with Crippen molar-refractivity contribution < 1.29 is 14.7 Å². The Kier molecular flexibility index (Phi) is 3.03. The van der Waals surface area contributed by atoms with Gasteiger partial charge in [-0.3, -0.25) is 9.59 Å². The molecular formula is C17H24O3. The van der Waals surface area contributed by atoms with E-state index in [1.165, 1.54) is 12.8 Å². The van der Waals surface area contributed by atoms with Crippen LogP contribution in [0.5, 0.6) is 0 Å². The van der Waals surface area contributed by atoms with Crippen molar-refractivity contribution in [3.05, 3.63) is 0 Å². The molecule has 0 aromatic heterocycles. The van der Waals surface area contributed by atoms with Gasteiger partial charge in [0.1, 0.15) is 11.6 Å². The van der Waals surface area contributed by atoms with E-state index < -0.39 is 0 Å². The van der Waals surface area contributed by atoms with Crippen LogP contribution in [0.3, 0.4) is 0 Å². The van der Waals surface area contributed by atoms with E-state index in [1.807, 2.05) is 0 Å². The molecule has 0 aromatic carbocycles. The molecular weight excluding hydrogens is 252 g/mol. The first-order valence-corrected chi connectivity index (χ1v) is 8.36. The number of carbonyl (C=O) groups is 2. The Bertz CT molecular complexity index is 444. The van der Waals surface area contributed by atoms with Crippen LogP contribution in [0.4, 0.5) is 0 Å². The van der Waals surface area contributed by atoms with Crippen LogP contribution in [0.1, 0.15) is 51.4 Å². The first-order valence-electron chi connectivity index (χ1n) is 8.36. The van der Waals surface area contributed by atoms with Gasteiger partial charge in [0.25, 0.3) is 0 Å².